The lowest BCUT2D eigenvalue weighted by atomic mass is 10.1. The molecule has 0 aliphatic heterocycles. The first-order chi connectivity index (χ1) is 9.20. The molecule has 1 heterocycles. The van der Waals surface area contributed by atoms with Gasteiger partial charge in [0.2, 0.25) is 0 Å². The molecule has 1 N–H and O–H groups in total. The SMILES string of the molecule is Cc1ccc(-n2nc(C(=O)O)nc2C)cc1C(F)(F)F. The molecule has 2 aromatic rings. The van der Waals surface area contributed by atoms with E-state index in [0.717, 1.165) is 10.7 Å². The maximum absolute atomic E-state index is 12.8. The van der Waals surface area contributed by atoms with Crippen LogP contribution in [0.1, 0.15) is 27.6 Å². The van der Waals surface area contributed by atoms with E-state index in [4.69, 9.17) is 5.11 Å². The highest BCUT2D eigenvalue weighted by atomic mass is 19.4. The zero-order valence-electron chi connectivity index (χ0n) is 10.6. The average molecular weight is 285 g/mol. The Bertz CT molecular complexity index is 677. The fraction of sp³-hybridized carbons (Fsp3) is 0.250. The number of rotatable bonds is 2. The van der Waals surface area contributed by atoms with Crippen LogP contribution >= 0.6 is 0 Å². The van der Waals surface area contributed by atoms with Gasteiger partial charge in [-0.15, -0.1) is 5.10 Å². The van der Waals surface area contributed by atoms with Gasteiger partial charge in [0.1, 0.15) is 5.82 Å². The molecule has 20 heavy (non-hydrogen) atoms. The van der Waals surface area contributed by atoms with E-state index in [2.05, 4.69) is 10.1 Å². The maximum Gasteiger partial charge on any atom is 0.416 e. The molecule has 0 fully saturated rings. The number of aromatic carboxylic acids is 1. The Labute approximate surface area is 111 Å². The Morgan fingerprint density at radius 2 is 1.95 bits per heavy atom. The van der Waals surface area contributed by atoms with Gasteiger partial charge in [0.15, 0.2) is 0 Å². The smallest absolute Gasteiger partial charge is 0.416 e. The third-order valence-corrected chi connectivity index (χ3v) is 2.73. The molecule has 0 aliphatic rings. The largest absolute Gasteiger partial charge is 0.475 e. The number of carboxylic acid groups (broad SMARTS) is 1. The van der Waals surface area contributed by atoms with Crippen LogP contribution in [0.25, 0.3) is 5.69 Å². The third-order valence-electron chi connectivity index (χ3n) is 2.73. The van der Waals surface area contributed by atoms with E-state index in [1.54, 1.807) is 0 Å². The van der Waals surface area contributed by atoms with Crippen LogP contribution in [0.15, 0.2) is 18.2 Å². The molecule has 2 rings (SSSR count). The maximum atomic E-state index is 12.8. The molecule has 0 atom stereocenters. The van der Waals surface area contributed by atoms with E-state index < -0.39 is 23.5 Å². The number of carboxylic acids is 1. The summed E-state index contributed by atoms with van der Waals surface area (Å²) in [6.07, 6.45) is -4.48. The van der Waals surface area contributed by atoms with Gasteiger partial charge in [-0.25, -0.2) is 14.5 Å². The Morgan fingerprint density at radius 1 is 1.30 bits per heavy atom. The first kappa shape index (κ1) is 14.0. The molecule has 0 radical (unpaired) electrons. The molecule has 106 valence electrons. The second-order valence-corrected chi connectivity index (χ2v) is 4.20. The molecule has 8 heteroatoms. The van der Waals surface area contributed by atoms with E-state index in [-0.39, 0.29) is 17.1 Å². The van der Waals surface area contributed by atoms with E-state index in [0.29, 0.717) is 0 Å². The van der Waals surface area contributed by atoms with Crippen LogP contribution in [0.2, 0.25) is 0 Å². The Balaban J connectivity index is 2.57. The molecule has 0 unspecified atom stereocenters. The number of alkyl halides is 3. The molecule has 1 aromatic carbocycles. The van der Waals surface area contributed by atoms with E-state index >= 15 is 0 Å². The standard InChI is InChI=1S/C12H10F3N3O2/c1-6-3-4-8(5-9(6)12(13,14)15)18-7(2)16-10(17-18)11(19)20/h3-5H,1-2H3,(H,19,20). The van der Waals surface area contributed by atoms with Crippen LogP contribution in [0.3, 0.4) is 0 Å². The Morgan fingerprint density at radius 3 is 2.45 bits per heavy atom. The lowest BCUT2D eigenvalue weighted by molar-refractivity contribution is -0.138. The van der Waals surface area contributed by atoms with Crippen LogP contribution in [0, 0.1) is 13.8 Å². The number of hydrogen-bond acceptors (Lipinski definition) is 3. The fourth-order valence-corrected chi connectivity index (χ4v) is 1.77. The zero-order chi connectivity index (χ0) is 15.1. The molecule has 0 aliphatic carbocycles. The van der Waals surface area contributed by atoms with Crippen molar-refractivity contribution in [2.45, 2.75) is 20.0 Å². The minimum absolute atomic E-state index is 0.0810. The number of aryl methyl sites for hydroxylation is 2. The molecule has 0 amide bonds. The summed E-state index contributed by atoms with van der Waals surface area (Å²) in [6.45, 7) is 2.82. The fourth-order valence-electron chi connectivity index (χ4n) is 1.77. The second-order valence-electron chi connectivity index (χ2n) is 4.20. The molecule has 0 saturated heterocycles. The topological polar surface area (TPSA) is 68.0 Å². The first-order valence-electron chi connectivity index (χ1n) is 5.55. The molecular formula is C12H10F3N3O2. The van der Waals surface area contributed by atoms with Crippen molar-refractivity contribution in [3.05, 3.63) is 41.0 Å². The van der Waals surface area contributed by atoms with E-state index in [1.165, 1.54) is 26.0 Å². The normalized spacial score (nSPS) is 11.7. The first-order valence-corrected chi connectivity index (χ1v) is 5.55. The van der Waals surface area contributed by atoms with Crippen molar-refractivity contribution >= 4 is 5.97 Å². The predicted octanol–water partition coefficient (Wildman–Crippen LogP) is 2.60. The Kier molecular flexibility index (Phi) is 3.24. The van der Waals surface area contributed by atoms with Crippen LogP contribution in [-0.2, 0) is 6.18 Å². The van der Waals surface area contributed by atoms with Crippen molar-refractivity contribution in [1.82, 2.24) is 14.8 Å². The zero-order valence-corrected chi connectivity index (χ0v) is 10.6. The van der Waals surface area contributed by atoms with Crippen molar-refractivity contribution in [3.8, 4) is 5.69 Å². The monoisotopic (exact) mass is 285 g/mol. The summed E-state index contributed by atoms with van der Waals surface area (Å²) in [5.41, 5.74) is -0.598. The van der Waals surface area contributed by atoms with Crippen molar-refractivity contribution < 1.29 is 23.1 Å². The van der Waals surface area contributed by atoms with Gasteiger partial charge in [0.05, 0.1) is 11.3 Å². The Hall–Kier alpha value is -2.38. The third kappa shape index (κ3) is 2.49. The predicted molar refractivity (Wildman–Crippen MR) is 62.8 cm³/mol. The van der Waals surface area contributed by atoms with Crippen molar-refractivity contribution in [2.24, 2.45) is 0 Å². The van der Waals surface area contributed by atoms with Crippen LogP contribution in [0.5, 0.6) is 0 Å². The quantitative estimate of drug-likeness (QED) is 0.921. The summed E-state index contributed by atoms with van der Waals surface area (Å²) in [5, 5.41) is 12.5. The van der Waals surface area contributed by atoms with Gasteiger partial charge in [0.25, 0.3) is 5.82 Å². The van der Waals surface area contributed by atoms with Gasteiger partial charge in [-0.05, 0) is 31.5 Å². The van der Waals surface area contributed by atoms with Crippen LogP contribution in [-0.4, -0.2) is 25.8 Å². The molecular weight excluding hydrogens is 275 g/mol. The molecule has 0 spiro atoms. The van der Waals surface area contributed by atoms with E-state index in [1.807, 2.05) is 0 Å². The summed E-state index contributed by atoms with van der Waals surface area (Å²) < 4.78 is 39.6. The number of halogens is 3. The van der Waals surface area contributed by atoms with Gasteiger partial charge in [-0.3, -0.25) is 0 Å². The van der Waals surface area contributed by atoms with Crippen LogP contribution < -0.4 is 0 Å². The molecule has 5 nitrogen and oxygen atoms in total. The second kappa shape index (κ2) is 4.62. The van der Waals surface area contributed by atoms with E-state index in [9.17, 15) is 18.0 Å². The molecule has 1 aromatic heterocycles. The highest BCUT2D eigenvalue weighted by Crippen LogP contribution is 2.33. The summed E-state index contributed by atoms with van der Waals surface area (Å²) >= 11 is 0. The lowest BCUT2D eigenvalue weighted by Crippen LogP contribution is -2.10. The van der Waals surface area contributed by atoms with Crippen molar-refractivity contribution in [1.29, 1.82) is 0 Å². The summed E-state index contributed by atoms with van der Waals surface area (Å²) in [5.74, 6) is -1.61. The van der Waals surface area contributed by atoms with Gasteiger partial charge in [-0.2, -0.15) is 13.2 Å². The number of benzene rings is 1. The summed E-state index contributed by atoms with van der Waals surface area (Å²) in [7, 11) is 0. The van der Waals surface area contributed by atoms with Gasteiger partial charge < -0.3 is 5.11 Å². The summed E-state index contributed by atoms with van der Waals surface area (Å²) in [6, 6.07) is 3.65. The number of carbonyl (C=O) groups is 1. The highest BCUT2D eigenvalue weighted by molar-refractivity contribution is 5.83. The number of aromatic nitrogens is 3. The highest BCUT2D eigenvalue weighted by Gasteiger charge is 2.32. The van der Waals surface area contributed by atoms with Crippen LogP contribution in [0.4, 0.5) is 13.2 Å². The summed E-state index contributed by atoms with van der Waals surface area (Å²) in [4.78, 5) is 14.4. The minimum atomic E-state index is -4.48. The minimum Gasteiger partial charge on any atom is -0.475 e. The van der Waals surface area contributed by atoms with Gasteiger partial charge >= 0.3 is 12.1 Å². The van der Waals surface area contributed by atoms with Crippen molar-refractivity contribution in [3.63, 3.8) is 0 Å². The molecule has 0 saturated carbocycles. The average Bonchev–Trinajstić information content (AvgIpc) is 2.71. The van der Waals surface area contributed by atoms with Gasteiger partial charge in [0, 0.05) is 0 Å². The number of hydrogen-bond donors (Lipinski definition) is 1. The molecule has 0 bridgehead atoms. The van der Waals surface area contributed by atoms with Crippen molar-refractivity contribution in [2.75, 3.05) is 0 Å². The van der Waals surface area contributed by atoms with Gasteiger partial charge in [-0.1, -0.05) is 6.07 Å². The lowest BCUT2D eigenvalue weighted by Gasteiger charge is -2.12. The number of nitrogens with zero attached hydrogens (tertiary/aromatic N) is 3.